The molecule has 8 bridgehead atoms. The number of halogens is 2. The maximum atomic E-state index is 10.4. The van der Waals surface area contributed by atoms with Crippen molar-refractivity contribution in [3.63, 3.8) is 0 Å². The van der Waals surface area contributed by atoms with Gasteiger partial charge < -0.3 is 51.6 Å². The van der Waals surface area contributed by atoms with E-state index < -0.39 is 23.7 Å². The number of pyridine rings is 1. The van der Waals surface area contributed by atoms with E-state index in [1.54, 1.807) is 0 Å². The quantitative estimate of drug-likeness (QED) is 0.127. The number of amides is 2. The van der Waals surface area contributed by atoms with Crippen molar-refractivity contribution in [2.75, 3.05) is 0 Å². The second-order valence-corrected chi connectivity index (χ2v) is 14.1. The van der Waals surface area contributed by atoms with Gasteiger partial charge in [-0.05, 0) is 33.7 Å². The Balaban J connectivity index is 0.000000254. The second-order valence-electron chi connectivity index (χ2n) is 12.1. The molecule has 4 aromatic heterocycles. The van der Waals surface area contributed by atoms with Crippen LogP contribution in [0.2, 0.25) is 0 Å². The van der Waals surface area contributed by atoms with Crippen LogP contribution in [0.5, 0.6) is 0 Å². The van der Waals surface area contributed by atoms with Gasteiger partial charge in [-0.3, -0.25) is 0 Å². The molecule has 10 rings (SSSR count). The number of aromatic carboxylic acids is 2. The minimum absolute atomic E-state index is 0. The number of carbonyl (C=O) groups excluding carboxylic acids is 1. The van der Waals surface area contributed by atoms with Crippen LogP contribution in [0.4, 0.5) is 4.79 Å². The van der Waals surface area contributed by atoms with Gasteiger partial charge in [-0.2, -0.15) is 0 Å². The van der Waals surface area contributed by atoms with Crippen LogP contribution < -0.4 is 21.4 Å². The van der Waals surface area contributed by atoms with E-state index in [4.69, 9.17) is 75.1 Å². The van der Waals surface area contributed by atoms with Crippen LogP contribution in [0, 0.1) is 0 Å². The summed E-state index contributed by atoms with van der Waals surface area (Å²) >= 11 is 0.00694. The van der Waals surface area contributed by atoms with E-state index in [0.29, 0.717) is 45.9 Å². The van der Waals surface area contributed by atoms with Crippen LogP contribution in [-0.2, 0) is 30.2 Å². The molecule has 2 amide bonds. The normalized spacial score (nSPS) is 10.6. The molecule has 0 unspecified atom stereocenters. The topological polar surface area (TPSA) is 262 Å². The average Bonchev–Trinajstić information content (AvgIpc) is 3.97. The first-order valence-electron chi connectivity index (χ1n) is 17.0. The van der Waals surface area contributed by atoms with Crippen LogP contribution in [0.1, 0.15) is 20.8 Å². The smallest absolute Gasteiger partial charge is 0.357 e. The molecule has 0 aliphatic carbocycles. The second kappa shape index (κ2) is 18.9. The summed E-state index contributed by atoms with van der Waals surface area (Å²) in [6.45, 7) is 0. The number of fused-ring (bicyclic) bond motifs is 20. The summed E-state index contributed by atoms with van der Waals surface area (Å²) in [4.78, 5) is 72.5. The molecule has 20 heteroatoms. The minimum Gasteiger partial charge on any atom is -0.357 e. The Labute approximate surface area is 363 Å². The Bertz CT molecular complexity index is 2750. The van der Waals surface area contributed by atoms with Crippen molar-refractivity contribution in [2.24, 2.45) is 11.5 Å². The summed E-state index contributed by atoms with van der Waals surface area (Å²) in [6.07, 6.45) is 1.23. The zero-order chi connectivity index (χ0) is 41.6. The SMILES string of the molecule is NC(N)=O.O=C(O)c1cccnc1C(=O)O.[Cl][Mn][Cl].[Mn+2].c1ccc2c(c1)-c1nc-2nc2[n-]c(nc3nc(nc4[n-]c(n1)c1ccccc41)-c1ccccc1-3)c1ccccc21. The Morgan fingerprint density at radius 1 is 0.500 bits per heavy atom. The predicted molar refractivity (Wildman–Crippen MR) is 218 cm³/mol. The molecule has 0 atom stereocenters. The Morgan fingerprint density at radius 3 is 1.07 bits per heavy atom. The van der Waals surface area contributed by atoms with E-state index in [1.807, 2.05) is 97.1 Å². The van der Waals surface area contributed by atoms with Gasteiger partial charge >= 0.3 is 68.4 Å². The molecule has 8 aromatic rings. The standard InChI is InChI=1S/C32H16N8.C7H5NO4.CH4N2O.2ClH.2Mn/c1-2-10-18-17(9-1)25-33-26(18)38-28-21-13-5-6-14-22(21)30(35-28)40-32-24-16-8-7-15-23(24)31(36-32)39-29-20-12-4-3-11-19(20)27(34-29)37-25;9-6(10)4-2-1-3-8-5(4)7(11)12;2-1(3)4;;;;/h1-16H;1-3H,(H,9,10)(H,11,12);(H4,2,3,4);2*1H;;/q-2;;;;;2*+2/p-2. The first-order valence-corrected chi connectivity index (χ1v) is 20.2. The van der Waals surface area contributed by atoms with Crippen LogP contribution in [-0.4, -0.2) is 63.1 Å². The first kappa shape index (κ1) is 42.8. The molecule has 6 N–H and O–H groups in total. The molecule has 4 aromatic carbocycles. The third-order valence-electron chi connectivity index (χ3n) is 8.57. The van der Waals surface area contributed by atoms with Gasteiger partial charge in [0, 0.05) is 51.0 Å². The van der Waals surface area contributed by atoms with E-state index in [-0.39, 0.29) is 35.8 Å². The van der Waals surface area contributed by atoms with E-state index in [1.165, 1.54) is 18.3 Å². The molecule has 0 saturated carbocycles. The number of hydrogen-bond donors (Lipinski definition) is 4. The third kappa shape index (κ3) is 8.94. The van der Waals surface area contributed by atoms with Gasteiger partial charge in [0.1, 0.15) is 0 Å². The molecule has 1 radical (unpaired) electrons. The molecule has 60 heavy (non-hydrogen) atoms. The summed E-state index contributed by atoms with van der Waals surface area (Å²) in [5, 5.41) is 20.6. The minimum atomic E-state index is -1.34. The number of primary amides is 2. The fourth-order valence-electron chi connectivity index (χ4n) is 6.21. The van der Waals surface area contributed by atoms with Crippen LogP contribution in [0.15, 0.2) is 115 Å². The van der Waals surface area contributed by atoms with Gasteiger partial charge in [-0.15, -0.1) is 0 Å². The summed E-state index contributed by atoms with van der Waals surface area (Å²) in [5.41, 5.74) is 13.5. The Kier molecular flexibility index (Phi) is 13.5. The predicted octanol–water partition coefficient (Wildman–Crippen LogP) is 7.00. The maximum Gasteiger partial charge on any atom is 2.00 e. The van der Waals surface area contributed by atoms with E-state index in [9.17, 15) is 9.59 Å². The van der Waals surface area contributed by atoms with Crippen molar-refractivity contribution in [1.82, 2.24) is 44.9 Å². The van der Waals surface area contributed by atoms with Crippen molar-refractivity contribution in [3.05, 3.63) is 127 Å². The van der Waals surface area contributed by atoms with Gasteiger partial charge in [0.2, 0.25) is 0 Å². The van der Waals surface area contributed by atoms with E-state index in [2.05, 4.69) is 16.5 Å². The van der Waals surface area contributed by atoms with E-state index in [0.717, 1.165) is 43.8 Å². The Morgan fingerprint density at radius 2 is 0.800 bits per heavy atom. The van der Waals surface area contributed by atoms with Crippen LogP contribution >= 0.6 is 20.2 Å². The molecule has 0 saturated heterocycles. The van der Waals surface area contributed by atoms with Gasteiger partial charge in [-0.1, -0.05) is 97.1 Å². The number of nitrogens with zero attached hydrogens (tertiary/aromatic N) is 9. The average molecular weight is 920 g/mol. The van der Waals surface area contributed by atoms with Crippen molar-refractivity contribution >= 4 is 82.3 Å². The molecular weight excluding hydrogens is 895 g/mol. The molecule has 6 heterocycles. The molecule has 2 aliphatic heterocycles. The number of hydrogen-bond acceptors (Lipinski definition) is 10. The molecule has 298 valence electrons. The summed E-state index contributed by atoms with van der Waals surface area (Å²) in [7, 11) is 9.59. The van der Waals surface area contributed by atoms with E-state index >= 15 is 0 Å². The zero-order valence-electron chi connectivity index (χ0n) is 30.3. The summed E-state index contributed by atoms with van der Waals surface area (Å²) in [6, 6.07) is 33.6. The van der Waals surface area contributed by atoms with Crippen LogP contribution in [0.25, 0.3) is 89.7 Å². The summed E-state index contributed by atoms with van der Waals surface area (Å²) < 4.78 is 0. The summed E-state index contributed by atoms with van der Waals surface area (Å²) in [5.74, 6) is -0.423. The van der Waals surface area contributed by atoms with Crippen LogP contribution in [0.3, 0.4) is 0 Å². The van der Waals surface area contributed by atoms with Gasteiger partial charge in [-0.25, -0.2) is 29.3 Å². The van der Waals surface area contributed by atoms with Gasteiger partial charge in [0.05, 0.1) is 28.9 Å². The van der Waals surface area contributed by atoms with Crippen molar-refractivity contribution in [3.8, 4) is 45.6 Å². The number of carbonyl (C=O) groups is 3. The fourth-order valence-corrected chi connectivity index (χ4v) is 6.21. The number of aromatic nitrogens is 9. The molecule has 0 fully saturated rings. The van der Waals surface area contributed by atoms with Crippen molar-refractivity contribution in [1.29, 1.82) is 0 Å². The number of rotatable bonds is 2. The molecule has 2 aliphatic rings. The molecule has 16 nitrogen and oxygen atoms in total. The third-order valence-corrected chi connectivity index (χ3v) is 8.57. The first-order chi connectivity index (χ1) is 28.6. The monoisotopic (exact) mass is 919 g/mol. The molecule has 0 spiro atoms. The number of nitrogens with two attached hydrogens (primary N) is 2. The Hall–Kier alpha value is -6.78. The largest absolute Gasteiger partial charge is 2.00 e. The number of urea groups is 1. The number of benzene rings is 4. The van der Waals surface area contributed by atoms with Crippen molar-refractivity contribution in [2.45, 2.75) is 0 Å². The van der Waals surface area contributed by atoms with Crippen molar-refractivity contribution < 1.29 is 54.8 Å². The van der Waals surface area contributed by atoms with Gasteiger partial charge in [0.25, 0.3) is 0 Å². The number of carboxylic acid groups (broad SMARTS) is 2. The molecular formula is C40H25Cl2Mn2N11O5. The van der Waals surface area contributed by atoms with Gasteiger partial charge in [0.15, 0.2) is 5.69 Å². The maximum absolute atomic E-state index is 10.4. The zero-order valence-corrected chi connectivity index (χ0v) is 34.2. The number of carboxylic acids is 2. The fraction of sp³-hybridized carbons (Fsp3) is 0.